The van der Waals surface area contributed by atoms with Gasteiger partial charge in [-0.25, -0.2) is 9.78 Å². The minimum absolute atomic E-state index is 0.221. The van der Waals surface area contributed by atoms with Gasteiger partial charge in [0.1, 0.15) is 11.4 Å². The highest BCUT2D eigenvalue weighted by Crippen LogP contribution is 2.28. The monoisotopic (exact) mass is 298 g/mol. The number of nitrogens with one attached hydrogen (secondary N) is 1. The molecule has 92 valence electrons. The van der Waals surface area contributed by atoms with Gasteiger partial charge in [-0.2, -0.15) is 0 Å². The van der Waals surface area contributed by atoms with E-state index in [2.05, 4.69) is 33.2 Å². The second-order valence-electron chi connectivity index (χ2n) is 4.61. The lowest BCUT2D eigenvalue weighted by Gasteiger charge is -2.15. The van der Waals surface area contributed by atoms with Crippen LogP contribution in [0, 0.1) is 5.92 Å². The van der Waals surface area contributed by atoms with Crippen LogP contribution in [0.3, 0.4) is 0 Å². The van der Waals surface area contributed by atoms with Gasteiger partial charge >= 0.3 is 5.97 Å². The number of carboxylic acid groups (broad SMARTS) is 1. The quantitative estimate of drug-likeness (QED) is 0.900. The van der Waals surface area contributed by atoms with E-state index in [1.807, 2.05) is 0 Å². The van der Waals surface area contributed by atoms with Crippen LogP contribution in [0.5, 0.6) is 0 Å². The summed E-state index contributed by atoms with van der Waals surface area (Å²) in [5.74, 6) is 0.225. The molecule has 0 radical (unpaired) electrons. The highest BCUT2D eigenvalue weighted by Gasteiger charge is 2.23. The van der Waals surface area contributed by atoms with Crippen LogP contribution in [-0.2, 0) is 0 Å². The van der Waals surface area contributed by atoms with Crippen LogP contribution in [0.4, 0.5) is 5.82 Å². The van der Waals surface area contributed by atoms with Gasteiger partial charge in [0.15, 0.2) is 0 Å². The first-order chi connectivity index (χ1) is 8.06. The molecule has 4 nitrogen and oxygen atoms in total. The summed E-state index contributed by atoms with van der Waals surface area (Å²) in [6.45, 7) is 2.22. The molecule has 1 aromatic rings. The van der Waals surface area contributed by atoms with Crippen molar-refractivity contribution in [2.24, 2.45) is 5.92 Å². The number of rotatable bonds is 3. The maximum atomic E-state index is 11.1. The Hall–Kier alpha value is -1.10. The van der Waals surface area contributed by atoms with Crippen molar-refractivity contribution in [2.75, 3.05) is 5.32 Å². The number of hydrogen-bond acceptors (Lipinski definition) is 3. The van der Waals surface area contributed by atoms with Crippen LogP contribution in [0.1, 0.15) is 36.5 Å². The van der Waals surface area contributed by atoms with Crippen LogP contribution in [0.25, 0.3) is 0 Å². The van der Waals surface area contributed by atoms with Gasteiger partial charge in [0.05, 0.1) is 0 Å². The zero-order valence-electron chi connectivity index (χ0n) is 9.61. The number of halogens is 1. The fourth-order valence-corrected chi connectivity index (χ4v) is 2.58. The maximum absolute atomic E-state index is 11.1. The smallest absolute Gasteiger partial charge is 0.339 e. The van der Waals surface area contributed by atoms with Crippen molar-refractivity contribution >= 4 is 27.7 Å². The predicted octanol–water partition coefficient (Wildman–Crippen LogP) is 3.14. The molecule has 1 aliphatic rings. The first-order valence-electron chi connectivity index (χ1n) is 5.71. The molecule has 0 aliphatic heterocycles. The topological polar surface area (TPSA) is 62.2 Å². The van der Waals surface area contributed by atoms with Crippen molar-refractivity contribution in [3.8, 4) is 0 Å². The third kappa shape index (κ3) is 2.97. The van der Waals surface area contributed by atoms with Crippen molar-refractivity contribution in [3.05, 3.63) is 22.3 Å². The molecule has 17 heavy (non-hydrogen) atoms. The lowest BCUT2D eigenvalue weighted by molar-refractivity contribution is 0.0697. The summed E-state index contributed by atoms with van der Waals surface area (Å²) in [7, 11) is 0. The summed E-state index contributed by atoms with van der Waals surface area (Å²) in [6.07, 6.45) is 4.97. The maximum Gasteiger partial charge on any atom is 0.339 e. The summed E-state index contributed by atoms with van der Waals surface area (Å²) in [5, 5.41) is 12.4. The van der Waals surface area contributed by atoms with Crippen molar-refractivity contribution in [2.45, 2.75) is 32.2 Å². The fraction of sp³-hybridized carbons (Fsp3) is 0.500. The van der Waals surface area contributed by atoms with Gasteiger partial charge < -0.3 is 10.4 Å². The Kier molecular flexibility index (Phi) is 3.66. The van der Waals surface area contributed by atoms with Crippen molar-refractivity contribution < 1.29 is 9.90 Å². The number of anilines is 1. The zero-order valence-corrected chi connectivity index (χ0v) is 11.2. The van der Waals surface area contributed by atoms with Crippen molar-refractivity contribution in [1.29, 1.82) is 0 Å². The van der Waals surface area contributed by atoms with Crippen molar-refractivity contribution in [3.63, 3.8) is 0 Å². The average molecular weight is 299 g/mol. The first-order valence-corrected chi connectivity index (χ1v) is 6.51. The Balaban J connectivity index is 2.17. The number of carbonyl (C=O) groups is 1. The molecule has 0 amide bonds. The van der Waals surface area contributed by atoms with Gasteiger partial charge in [-0.1, -0.05) is 6.92 Å². The predicted molar refractivity (Wildman–Crippen MR) is 69.3 cm³/mol. The molecule has 0 bridgehead atoms. The number of nitrogens with zero attached hydrogens (tertiary/aromatic N) is 1. The molecule has 1 saturated carbocycles. The van der Waals surface area contributed by atoms with Gasteiger partial charge in [0, 0.05) is 16.7 Å². The van der Waals surface area contributed by atoms with E-state index in [1.54, 1.807) is 12.3 Å². The van der Waals surface area contributed by atoms with E-state index in [1.165, 1.54) is 6.42 Å². The molecule has 1 aliphatic carbocycles. The van der Waals surface area contributed by atoms with Gasteiger partial charge in [-0.15, -0.1) is 0 Å². The Morgan fingerprint density at radius 3 is 2.94 bits per heavy atom. The van der Waals surface area contributed by atoms with E-state index in [9.17, 15) is 4.79 Å². The normalized spacial score (nSPS) is 23.6. The van der Waals surface area contributed by atoms with E-state index in [0.717, 1.165) is 12.8 Å². The summed E-state index contributed by atoms with van der Waals surface area (Å²) in [4.78, 5) is 15.3. The van der Waals surface area contributed by atoms with Crippen LogP contribution in [-0.4, -0.2) is 22.1 Å². The van der Waals surface area contributed by atoms with E-state index in [4.69, 9.17) is 5.11 Å². The molecule has 2 unspecified atom stereocenters. The molecule has 1 fully saturated rings. The minimum atomic E-state index is -0.952. The Morgan fingerprint density at radius 2 is 2.35 bits per heavy atom. The average Bonchev–Trinajstić information content (AvgIpc) is 2.66. The highest BCUT2D eigenvalue weighted by atomic mass is 79.9. The minimum Gasteiger partial charge on any atom is -0.478 e. The Bertz CT molecular complexity index is 437. The number of carboxylic acids is 1. The van der Waals surface area contributed by atoms with Crippen LogP contribution >= 0.6 is 15.9 Å². The van der Waals surface area contributed by atoms with Gasteiger partial charge in [0.25, 0.3) is 0 Å². The summed E-state index contributed by atoms with van der Waals surface area (Å²) in [5.41, 5.74) is 0.221. The third-order valence-electron chi connectivity index (χ3n) is 3.12. The third-order valence-corrected chi connectivity index (χ3v) is 3.55. The number of aromatic carboxylic acids is 1. The molecule has 0 spiro atoms. The fourth-order valence-electron chi connectivity index (χ4n) is 2.25. The molecular weight excluding hydrogens is 284 g/mol. The van der Waals surface area contributed by atoms with Gasteiger partial charge in [-0.3, -0.25) is 0 Å². The number of hydrogen-bond donors (Lipinski definition) is 2. The van der Waals surface area contributed by atoms with E-state index < -0.39 is 5.97 Å². The van der Waals surface area contributed by atoms with E-state index in [-0.39, 0.29) is 5.56 Å². The largest absolute Gasteiger partial charge is 0.478 e. The van der Waals surface area contributed by atoms with Gasteiger partial charge in [-0.05, 0) is 47.2 Å². The molecular formula is C12H15BrN2O2. The van der Waals surface area contributed by atoms with Gasteiger partial charge in [0.2, 0.25) is 0 Å². The van der Waals surface area contributed by atoms with Crippen molar-refractivity contribution in [1.82, 2.24) is 4.98 Å². The highest BCUT2D eigenvalue weighted by molar-refractivity contribution is 9.10. The molecule has 5 heteroatoms. The molecule has 2 atom stereocenters. The first kappa shape index (κ1) is 12.4. The second-order valence-corrected chi connectivity index (χ2v) is 5.53. The molecule has 0 saturated heterocycles. The van der Waals surface area contributed by atoms with Crippen LogP contribution in [0.15, 0.2) is 16.7 Å². The molecule has 2 N–H and O–H groups in total. The molecule has 0 aromatic carbocycles. The van der Waals surface area contributed by atoms with Crippen LogP contribution < -0.4 is 5.32 Å². The standard InChI is InChI=1S/C12H15BrN2O2/c1-7-2-3-9(4-7)15-11-10(12(16)17)5-8(13)6-14-11/h5-7,9H,2-4H2,1H3,(H,14,15)(H,16,17). The number of aromatic nitrogens is 1. The van der Waals surface area contributed by atoms with E-state index >= 15 is 0 Å². The lowest BCUT2D eigenvalue weighted by Crippen LogP contribution is -2.18. The summed E-state index contributed by atoms with van der Waals surface area (Å²) in [6, 6.07) is 1.92. The second kappa shape index (κ2) is 5.04. The zero-order chi connectivity index (χ0) is 12.4. The summed E-state index contributed by atoms with van der Waals surface area (Å²) < 4.78 is 0.681. The molecule has 1 aromatic heterocycles. The molecule has 2 rings (SSSR count). The lowest BCUT2D eigenvalue weighted by atomic mass is 10.1. The number of pyridine rings is 1. The van der Waals surface area contributed by atoms with Crippen LogP contribution in [0.2, 0.25) is 0 Å². The Labute approximate surface area is 109 Å². The SMILES string of the molecule is CC1CCC(Nc2ncc(Br)cc2C(=O)O)C1. The molecule has 1 heterocycles. The summed E-state index contributed by atoms with van der Waals surface area (Å²) >= 11 is 3.23. The Morgan fingerprint density at radius 1 is 1.59 bits per heavy atom. The van der Waals surface area contributed by atoms with E-state index in [0.29, 0.717) is 22.3 Å².